The van der Waals surface area contributed by atoms with E-state index < -0.39 is 10.0 Å². The van der Waals surface area contributed by atoms with Gasteiger partial charge >= 0.3 is 0 Å². The number of likely N-dealkylation sites (tertiary alicyclic amines) is 1. The standard InChI is InChI=1S/C20H34N6O3S.HI/c1-4-16(5-2)19(27)26-13-8-17(9-14-26)25-20(21-3)23-11-12-24-30(28,29)18-7-6-10-22-15-18;/h6-7,10,15-17,24H,4-5,8-9,11-14H2,1-3H3,(H2,21,23,25);1H. The van der Waals surface area contributed by atoms with Gasteiger partial charge in [-0.3, -0.25) is 14.8 Å². The molecule has 0 spiro atoms. The molecule has 1 fully saturated rings. The van der Waals surface area contributed by atoms with Gasteiger partial charge in [-0.25, -0.2) is 13.1 Å². The molecule has 1 aliphatic rings. The highest BCUT2D eigenvalue weighted by molar-refractivity contribution is 14.0. The van der Waals surface area contributed by atoms with E-state index in [1.807, 2.05) is 4.90 Å². The van der Waals surface area contributed by atoms with Crippen molar-refractivity contribution in [1.82, 2.24) is 25.2 Å². The maximum atomic E-state index is 12.5. The number of rotatable bonds is 9. The van der Waals surface area contributed by atoms with Crippen LogP contribution in [-0.2, 0) is 14.8 Å². The molecule has 1 amide bonds. The molecule has 0 unspecified atom stereocenters. The average molecular weight is 567 g/mol. The molecule has 11 heteroatoms. The first-order valence-corrected chi connectivity index (χ1v) is 12.0. The van der Waals surface area contributed by atoms with Crippen LogP contribution >= 0.6 is 24.0 Å². The number of pyridine rings is 1. The Kier molecular flexibility index (Phi) is 12.3. The predicted molar refractivity (Wildman–Crippen MR) is 133 cm³/mol. The number of aromatic nitrogens is 1. The van der Waals surface area contributed by atoms with Gasteiger partial charge in [0.15, 0.2) is 5.96 Å². The van der Waals surface area contributed by atoms with Crippen molar-refractivity contribution in [2.45, 2.75) is 50.5 Å². The van der Waals surface area contributed by atoms with Crippen molar-refractivity contribution < 1.29 is 13.2 Å². The average Bonchev–Trinajstić information content (AvgIpc) is 2.77. The van der Waals surface area contributed by atoms with Crippen LogP contribution < -0.4 is 15.4 Å². The summed E-state index contributed by atoms with van der Waals surface area (Å²) in [7, 11) is -1.89. The van der Waals surface area contributed by atoms with Crippen LogP contribution in [-0.4, -0.2) is 69.4 Å². The summed E-state index contributed by atoms with van der Waals surface area (Å²) in [6.07, 6.45) is 6.34. The van der Waals surface area contributed by atoms with Gasteiger partial charge in [-0.15, -0.1) is 24.0 Å². The van der Waals surface area contributed by atoms with Crippen LogP contribution in [0.15, 0.2) is 34.4 Å². The van der Waals surface area contributed by atoms with Crippen LogP contribution in [0.25, 0.3) is 0 Å². The first-order valence-electron chi connectivity index (χ1n) is 10.6. The zero-order valence-electron chi connectivity index (χ0n) is 18.5. The molecule has 3 N–H and O–H groups in total. The number of piperidine rings is 1. The summed E-state index contributed by atoms with van der Waals surface area (Å²) < 4.78 is 26.9. The number of guanidine groups is 1. The molecule has 176 valence electrons. The van der Waals surface area contributed by atoms with E-state index in [2.05, 4.69) is 39.2 Å². The number of sulfonamides is 1. The van der Waals surface area contributed by atoms with Crippen LogP contribution in [0.2, 0.25) is 0 Å². The van der Waals surface area contributed by atoms with Gasteiger partial charge in [-0.2, -0.15) is 0 Å². The molecule has 1 aromatic heterocycles. The number of carbonyl (C=O) groups excluding carboxylic acids is 1. The number of nitrogens with zero attached hydrogens (tertiary/aromatic N) is 3. The Labute approximate surface area is 202 Å². The third-order valence-electron chi connectivity index (χ3n) is 5.36. The third kappa shape index (κ3) is 8.53. The highest BCUT2D eigenvalue weighted by Crippen LogP contribution is 2.17. The maximum absolute atomic E-state index is 12.5. The first-order chi connectivity index (χ1) is 14.4. The molecule has 0 aromatic carbocycles. The van der Waals surface area contributed by atoms with Gasteiger partial charge in [0.05, 0.1) is 0 Å². The molecule has 0 aliphatic carbocycles. The van der Waals surface area contributed by atoms with E-state index in [4.69, 9.17) is 0 Å². The summed E-state index contributed by atoms with van der Waals surface area (Å²) in [5, 5.41) is 6.49. The Morgan fingerprint density at radius 1 is 1.26 bits per heavy atom. The Hall–Kier alpha value is -1.47. The van der Waals surface area contributed by atoms with Crippen LogP contribution in [0.3, 0.4) is 0 Å². The Morgan fingerprint density at radius 2 is 1.94 bits per heavy atom. The zero-order chi connectivity index (χ0) is 22.0. The highest BCUT2D eigenvalue weighted by atomic mass is 127. The molecule has 2 heterocycles. The van der Waals surface area contributed by atoms with Gasteiger partial charge in [0.2, 0.25) is 15.9 Å². The van der Waals surface area contributed by atoms with Crippen molar-refractivity contribution in [1.29, 1.82) is 0 Å². The van der Waals surface area contributed by atoms with E-state index in [1.165, 1.54) is 18.5 Å². The number of aliphatic imine (C=N–C) groups is 1. The van der Waals surface area contributed by atoms with Crippen molar-refractivity contribution in [2.75, 3.05) is 33.2 Å². The van der Waals surface area contributed by atoms with Crippen molar-refractivity contribution in [3.05, 3.63) is 24.5 Å². The second-order valence-electron chi connectivity index (χ2n) is 7.34. The SMILES string of the molecule is CCC(CC)C(=O)N1CCC(NC(=NC)NCCNS(=O)(=O)c2cccnc2)CC1.I. The number of carbonyl (C=O) groups is 1. The number of hydrogen-bond acceptors (Lipinski definition) is 5. The van der Waals surface area contributed by atoms with E-state index in [1.54, 1.807) is 13.1 Å². The molecule has 31 heavy (non-hydrogen) atoms. The van der Waals surface area contributed by atoms with Crippen LogP contribution in [0.5, 0.6) is 0 Å². The van der Waals surface area contributed by atoms with Gasteiger partial charge in [0.1, 0.15) is 4.90 Å². The van der Waals surface area contributed by atoms with Gasteiger partial charge < -0.3 is 15.5 Å². The third-order valence-corrected chi connectivity index (χ3v) is 6.81. The number of nitrogens with one attached hydrogen (secondary N) is 3. The lowest BCUT2D eigenvalue weighted by Crippen LogP contribution is -2.51. The molecule has 1 saturated heterocycles. The fourth-order valence-corrected chi connectivity index (χ4v) is 4.48. The quantitative estimate of drug-likeness (QED) is 0.181. The van der Waals surface area contributed by atoms with Crippen LogP contribution in [0.1, 0.15) is 39.5 Å². The number of amides is 1. The Balaban J connectivity index is 0.00000480. The minimum Gasteiger partial charge on any atom is -0.355 e. The molecular weight excluding hydrogens is 531 g/mol. The molecule has 0 bridgehead atoms. The van der Waals surface area contributed by atoms with E-state index in [0.717, 1.165) is 38.8 Å². The van der Waals surface area contributed by atoms with Gasteiger partial charge in [0.25, 0.3) is 0 Å². The fraction of sp³-hybridized carbons (Fsp3) is 0.650. The molecule has 1 aliphatic heterocycles. The normalized spacial score (nSPS) is 15.5. The summed E-state index contributed by atoms with van der Waals surface area (Å²) in [5.41, 5.74) is 0. The summed E-state index contributed by atoms with van der Waals surface area (Å²) >= 11 is 0. The highest BCUT2D eigenvalue weighted by Gasteiger charge is 2.26. The molecule has 1 aromatic rings. The van der Waals surface area contributed by atoms with Crippen molar-refractivity contribution in [2.24, 2.45) is 10.9 Å². The molecular formula is C20H35IN6O3S. The topological polar surface area (TPSA) is 116 Å². The number of halogens is 1. The maximum Gasteiger partial charge on any atom is 0.242 e. The smallest absolute Gasteiger partial charge is 0.242 e. The zero-order valence-corrected chi connectivity index (χ0v) is 21.7. The summed E-state index contributed by atoms with van der Waals surface area (Å²) in [6, 6.07) is 3.32. The second kappa shape index (κ2) is 13.8. The second-order valence-corrected chi connectivity index (χ2v) is 9.11. The predicted octanol–water partition coefficient (Wildman–Crippen LogP) is 1.57. The monoisotopic (exact) mass is 566 g/mol. The van der Waals surface area contributed by atoms with Crippen LogP contribution in [0.4, 0.5) is 0 Å². The molecule has 9 nitrogen and oxygen atoms in total. The van der Waals surface area contributed by atoms with E-state index in [9.17, 15) is 13.2 Å². The van der Waals surface area contributed by atoms with Crippen molar-refractivity contribution in [3.8, 4) is 0 Å². The van der Waals surface area contributed by atoms with Gasteiger partial charge in [0, 0.05) is 57.6 Å². The largest absolute Gasteiger partial charge is 0.355 e. The lowest BCUT2D eigenvalue weighted by molar-refractivity contribution is -0.136. The van der Waals surface area contributed by atoms with Gasteiger partial charge in [-0.05, 0) is 37.8 Å². The fourth-order valence-electron chi connectivity index (χ4n) is 3.48. The summed E-state index contributed by atoms with van der Waals surface area (Å²) in [6.45, 7) is 6.23. The van der Waals surface area contributed by atoms with E-state index >= 15 is 0 Å². The molecule has 0 radical (unpaired) electrons. The van der Waals surface area contributed by atoms with Crippen molar-refractivity contribution in [3.63, 3.8) is 0 Å². The van der Waals surface area contributed by atoms with Crippen LogP contribution in [0, 0.1) is 5.92 Å². The molecule has 0 saturated carbocycles. The minimum absolute atomic E-state index is 0. The Bertz CT molecular complexity index is 794. The minimum atomic E-state index is -3.57. The first kappa shape index (κ1) is 27.6. The lowest BCUT2D eigenvalue weighted by atomic mass is 9.98. The Morgan fingerprint density at radius 3 is 2.48 bits per heavy atom. The molecule has 0 atom stereocenters. The van der Waals surface area contributed by atoms with E-state index in [-0.39, 0.29) is 53.3 Å². The van der Waals surface area contributed by atoms with E-state index in [0.29, 0.717) is 12.5 Å². The lowest BCUT2D eigenvalue weighted by Gasteiger charge is -2.34. The van der Waals surface area contributed by atoms with Gasteiger partial charge in [-0.1, -0.05) is 13.8 Å². The summed E-state index contributed by atoms with van der Waals surface area (Å²) in [5.74, 6) is 1.02. The van der Waals surface area contributed by atoms with Crippen molar-refractivity contribution >= 4 is 45.9 Å². The summed E-state index contributed by atoms with van der Waals surface area (Å²) in [4.78, 5) is 22.7. The molecule has 2 rings (SSSR count). The number of hydrogen-bond donors (Lipinski definition) is 3.